The van der Waals surface area contributed by atoms with Crippen LogP contribution >= 0.6 is 0 Å². The van der Waals surface area contributed by atoms with E-state index in [1.54, 1.807) is 0 Å². The molecule has 2 heteroatoms. The van der Waals surface area contributed by atoms with Crippen LogP contribution in [0.5, 0.6) is 0 Å². The van der Waals surface area contributed by atoms with Crippen molar-refractivity contribution in [1.29, 1.82) is 0 Å². The van der Waals surface area contributed by atoms with Gasteiger partial charge in [-0.05, 0) is 85.1 Å². The molecule has 0 N–H and O–H groups in total. The first-order valence-electron chi connectivity index (χ1n) is 8.90. The van der Waals surface area contributed by atoms with Gasteiger partial charge in [-0.3, -0.25) is 0 Å². The van der Waals surface area contributed by atoms with Gasteiger partial charge in [0.05, 0.1) is 0 Å². The van der Waals surface area contributed by atoms with Gasteiger partial charge in [-0.25, -0.2) is 0 Å². The number of hydrogen-bond acceptors (Lipinski definition) is 2. The molecule has 0 saturated carbocycles. The molecule has 0 aromatic heterocycles. The second-order valence-electron chi connectivity index (χ2n) is 8.57. The predicted octanol–water partition coefficient (Wildman–Crippen LogP) is 5.06. The van der Waals surface area contributed by atoms with Gasteiger partial charge >= 0.3 is 0 Å². The molecule has 24 heavy (non-hydrogen) atoms. The van der Waals surface area contributed by atoms with Gasteiger partial charge < -0.3 is 9.80 Å². The van der Waals surface area contributed by atoms with Crippen molar-refractivity contribution < 1.29 is 0 Å². The molecular formula is C22H38N2. The Morgan fingerprint density at radius 1 is 1.04 bits per heavy atom. The molecule has 0 bridgehead atoms. The lowest BCUT2D eigenvalue weighted by molar-refractivity contribution is 0.195. The summed E-state index contributed by atoms with van der Waals surface area (Å²) in [6.07, 6.45) is 0. The Morgan fingerprint density at radius 2 is 1.54 bits per heavy atom. The van der Waals surface area contributed by atoms with E-state index in [4.69, 9.17) is 0 Å². The summed E-state index contributed by atoms with van der Waals surface area (Å²) < 4.78 is 0. The monoisotopic (exact) mass is 330 g/mol. The Labute approximate surface area is 150 Å². The average molecular weight is 331 g/mol. The van der Waals surface area contributed by atoms with E-state index in [1.807, 2.05) is 0 Å². The SMILES string of the molecule is C=C(C)C1=C(/C(C)=C(/C)CN(C)C)C(C)(C)C(N(C)C)C(C)=C1C. The predicted molar refractivity (Wildman–Crippen MR) is 108 cm³/mol. The molecule has 0 heterocycles. The van der Waals surface area contributed by atoms with Crippen molar-refractivity contribution in [3.8, 4) is 0 Å². The van der Waals surface area contributed by atoms with E-state index in [9.17, 15) is 0 Å². The maximum atomic E-state index is 4.31. The molecule has 1 unspecified atom stereocenters. The summed E-state index contributed by atoms with van der Waals surface area (Å²) in [5, 5.41) is 0. The highest BCUT2D eigenvalue weighted by atomic mass is 15.1. The third-order valence-corrected chi connectivity index (χ3v) is 5.47. The van der Waals surface area contributed by atoms with E-state index in [1.165, 1.54) is 39.0 Å². The molecule has 0 radical (unpaired) electrons. The molecule has 0 fully saturated rings. The summed E-state index contributed by atoms with van der Waals surface area (Å²) in [5.41, 5.74) is 9.76. The van der Waals surface area contributed by atoms with E-state index in [0.717, 1.165) is 6.54 Å². The molecule has 0 aromatic rings. The topological polar surface area (TPSA) is 6.48 Å². The van der Waals surface area contributed by atoms with Gasteiger partial charge in [-0.1, -0.05) is 37.1 Å². The fourth-order valence-electron chi connectivity index (χ4n) is 4.63. The Hall–Kier alpha value is -1.12. The number of allylic oxidation sites excluding steroid dienone is 4. The van der Waals surface area contributed by atoms with Crippen LogP contribution in [0, 0.1) is 5.41 Å². The average Bonchev–Trinajstić information content (AvgIpc) is 2.39. The summed E-state index contributed by atoms with van der Waals surface area (Å²) in [6.45, 7) is 21.3. The van der Waals surface area contributed by atoms with Crippen molar-refractivity contribution in [2.75, 3.05) is 34.7 Å². The van der Waals surface area contributed by atoms with Crippen LogP contribution in [-0.2, 0) is 0 Å². The van der Waals surface area contributed by atoms with Crippen LogP contribution in [0.1, 0.15) is 48.5 Å². The molecular weight excluding hydrogens is 292 g/mol. The molecule has 136 valence electrons. The highest BCUT2D eigenvalue weighted by Crippen LogP contribution is 2.49. The summed E-state index contributed by atoms with van der Waals surface area (Å²) in [7, 11) is 8.65. The molecule has 0 amide bonds. The van der Waals surface area contributed by atoms with Gasteiger partial charge in [-0.2, -0.15) is 0 Å². The Morgan fingerprint density at radius 3 is 1.92 bits per heavy atom. The number of likely N-dealkylation sites (N-methyl/N-ethyl adjacent to an activating group) is 2. The first kappa shape index (κ1) is 20.9. The van der Waals surface area contributed by atoms with E-state index in [0.29, 0.717) is 6.04 Å². The lowest BCUT2D eigenvalue weighted by Gasteiger charge is -2.47. The fraction of sp³-hybridized carbons (Fsp3) is 0.636. The Balaban J connectivity index is 3.79. The third-order valence-electron chi connectivity index (χ3n) is 5.47. The van der Waals surface area contributed by atoms with Crippen LogP contribution in [0.4, 0.5) is 0 Å². The maximum Gasteiger partial charge on any atom is 0.0396 e. The minimum absolute atomic E-state index is 0.0407. The van der Waals surface area contributed by atoms with Gasteiger partial charge in [0, 0.05) is 18.0 Å². The van der Waals surface area contributed by atoms with Crippen LogP contribution < -0.4 is 0 Å². The normalized spacial score (nSPS) is 22.5. The van der Waals surface area contributed by atoms with Crippen LogP contribution in [0.15, 0.2) is 45.6 Å². The second-order valence-corrected chi connectivity index (χ2v) is 8.57. The molecule has 2 nitrogen and oxygen atoms in total. The van der Waals surface area contributed by atoms with E-state index < -0.39 is 0 Å². The van der Waals surface area contributed by atoms with Crippen molar-refractivity contribution in [3.63, 3.8) is 0 Å². The minimum Gasteiger partial charge on any atom is -0.305 e. The summed E-state index contributed by atoms with van der Waals surface area (Å²) in [6, 6.07) is 0.401. The standard InChI is InChI=1S/C22H38N2/c1-14(2)19-17(5)18(6)21(24(11)12)22(7,8)20(19)16(4)15(3)13-23(9)10/h21H,1,13H2,2-12H3/b16-15-. The van der Waals surface area contributed by atoms with Crippen molar-refractivity contribution in [1.82, 2.24) is 9.80 Å². The second kappa shape index (κ2) is 7.41. The van der Waals surface area contributed by atoms with Crippen molar-refractivity contribution in [2.45, 2.75) is 54.5 Å². The fourth-order valence-corrected chi connectivity index (χ4v) is 4.63. The Bertz CT molecular complexity index is 610. The quantitative estimate of drug-likeness (QED) is 0.695. The molecule has 1 rings (SSSR count). The third kappa shape index (κ3) is 3.75. The van der Waals surface area contributed by atoms with Crippen LogP contribution in [0.3, 0.4) is 0 Å². The van der Waals surface area contributed by atoms with Gasteiger partial charge in [0.1, 0.15) is 0 Å². The zero-order valence-electron chi connectivity index (χ0n) is 17.9. The largest absolute Gasteiger partial charge is 0.305 e. The lowest BCUT2D eigenvalue weighted by atomic mass is 9.63. The number of nitrogens with zero attached hydrogens (tertiary/aromatic N) is 2. The van der Waals surface area contributed by atoms with Gasteiger partial charge in [0.2, 0.25) is 0 Å². The molecule has 0 aliphatic heterocycles. The van der Waals surface area contributed by atoms with Crippen LogP contribution in [-0.4, -0.2) is 50.6 Å². The smallest absolute Gasteiger partial charge is 0.0396 e. The first-order valence-corrected chi connectivity index (χ1v) is 8.90. The molecule has 1 aliphatic carbocycles. The zero-order valence-corrected chi connectivity index (χ0v) is 17.9. The first-order chi connectivity index (χ1) is 10.8. The van der Waals surface area contributed by atoms with Crippen LogP contribution in [0.2, 0.25) is 0 Å². The lowest BCUT2D eigenvalue weighted by Crippen LogP contribution is -2.46. The van der Waals surface area contributed by atoms with Crippen molar-refractivity contribution >= 4 is 0 Å². The summed E-state index contributed by atoms with van der Waals surface area (Å²) >= 11 is 0. The van der Waals surface area contributed by atoms with Crippen molar-refractivity contribution in [2.24, 2.45) is 5.41 Å². The molecule has 0 saturated heterocycles. The van der Waals surface area contributed by atoms with E-state index in [2.05, 4.69) is 93.0 Å². The number of rotatable bonds is 5. The van der Waals surface area contributed by atoms with Crippen molar-refractivity contribution in [3.05, 3.63) is 45.6 Å². The summed E-state index contributed by atoms with van der Waals surface area (Å²) in [4.78, 5) is 4.61. The molecule has 1 aliphatic rings. The zero-order chi connectivity index (χ0) is 19.0. The van der Waals surface area contributed by atoms with Gasteiger partial charge in [-0.15, -0.1) is 0 Å². The molecule has 1 atom stereocenters. The Kier molecular flexibility index (Phi) is 6.46. The van der Waals surface area contributed by atoms with E-state index >= 15 is 0 Å². The highest BCUT2D eigenvalue weighted by Gasteiger charge is 2.42. The number of hydrogen-bond donors (Lipinski definition) is 0. The van der Waals surface area contributed by atoms with E-state index in [-0.39, 0.29) is 5.41 Å². The van der Waals surface area contributed by atoms with Gasteiger partial charge in [0.15, 0.2) is 0 Å². The minimum atomic E-state index is 0.0407. The summed E-state index contributed by atoms with van der Waals surface area (Å²) in [5.74, 6) is 0. The maximum absolute atomic E-state index is 4.31. The molecule has 0 spiro atoms. The highest BCUT2D eigenvalue weighted by molar-refractivity contribution is 5.61. The van der Waals surface area contributed by atoms with Gasteiger partial charge in [0.25, 0.3) is 0 Å². The molecule has 0 aromatic carbocycles. The van der Waals surface area contributed by atoms with Crippen LogP contribution in [0.25, 0.3) is 0 Å².